The summed E-state index contributed by atoms with van der Waals surface area (Å²) in [6, 6.07) is 10.7. The molecule has 3 fully saturated rings. The molecular formula is C23H32O4Se. The number of rotatable bonds is 4. The van der Waals surface area contributed by atoms with Crippen molar-refractivity contribution in [1.29, 1.82) is 0 Å². The van der Waals surface area contributed by atoms with Gasteiger partial charge in [0.1, 0.15) is 0 Å². The third-order valence-corrected chi connectivity index (χ3v) is 10.5. The molecule has 154 valence electrons. The van der Waals surface area contributed by atoms with Crippen LogP contribution < -0.4 is 4.46 Å². The van der Waals surface area contributed by atoms with Crippen molar-refractivity contribution in [3.8, 4) is 0 Å². The Kier molecular flexibility index (Phi) is 4.98. The first kappa shape index (κ1) is 20.4. The molecule has 4 rings (SSSR count). The van der Waals surface area contributed by atoms with Gasteiger partial charge in [0.2, 0.25) is 0 Å². The standard InChI is InChI=1S/C23H32O4Se/c1-16(24)27-20(2,3)17-11-12-21(4)15-26-22(5)19(14-25-23(21,22)13-17)28-18-9-7-6-8-10-18/h6-10,17,19H,11-15H2,1-5H3/t17-,19+,21+,22-,23-/m1/s1. The van der Waals surface area contributed by atoms with Gasteiger partial charge >= 0.3 is 175 Å². The number of carbonyl (C=O) groups is 1. The summed E-state index contributed by atoms with van der Waals surface area (Å²) in [6.07, 6.45) is 2.97. The van der Waals surface area contributed by atoms with E-state index in [0.29, 0.717) is 19.8 Å². The zero-order valence-corrected chi connectivity index (χ0v) is 19.3. The van der Waals surface area contributed by atoms with Crippen molar-refractivity contribution in [2.24, 2.45) is 11.3 Å². The molecule has 2 heterocycles. The Balaban J connectivity index is 1.63. The maximum absolute atomic E-state index is 11.7. The van der Waals surface area contributed by atoms with Gasteiger partial charge in [-0.25, -0.2) is 0 Å². The molecule has 3 aliphatic rings. The number of hydrogen-bond acceptors (Lipinski definition) is 4. The molecule has 2 saturated heterocycles. The van der Waals surface area contributed by atoms with Gasteiger partial charge in [0.15, 0.2) is 0 Å². The first-order chi connectivity index (χ1) is 13.1. The van der Waals surface area contributed by atoms with E-state index in [1.54, 1.807) is 0 Å². The first-order valence-electron chi connectivity index (χ1n) is 10.3. The van der Waals surface area contributed by atoms with Crippen LogP contribution >= 0.6 is 0 Å². The van der Waals surface area contributed by atoms with Crippen molar-refractivity contribution >= 4 is 25.4 Å². The predicted octanol–water partition coefficient (Wildman–Crippen LogP) is 3.51. The zero-order chi connectivity index (χ0) is 20.2. The van der Waals surface area contributed by atoms with Crippen LogP contribution in [0.15, 0.2) is 30.3 Å². The molecular weight excluding hydrogens is 419 g/mol. The van der Waals surface area contributed by atoms with E-state index >= 15 is 0 Å². The average molecular weight is 451 g/mol. The summed E-state index contributed by atoms with van der Waals surface area (Å²) in [5.74, 6) is 0.0624. The van der Waals surface area contributed by atoms with Crippen LogP contribution in [0.5, 0.6) is 0 Å². The zero-order valence-electron chi connectivity index (χ0n) is 17.6. The fraction of sp³-hybridized carbons (Fsp3) is 0.696. The van der Waals surface area contributed by atoms with Crippen molar-refractivity contribution in [2.45, 2.75) is 75.5 Å². The molecule has 0 radical (unpaired) electrons. The van der Waals surface area contributed by atoms with Crippen molar-refractivity contribution < 1.29 is 19.0 Å². The normalized spacial score (nSPS) is 40.0. The summed E-state index contributed by atoms with van der Waals surface area (Å²) < 4.78 is 20.5. The van der Waals surface area contributed by atoms with E-state index in [0.717, 1.165) is 32.5 Å². The Bertz CT molecular complexity index is 750. The fourth-order valence-electron chi connectivity index (χ4n) is 5.77. The summed E-state index contributed by atoms with van der Waals surface area (Å²) >= 11 is 0.295. The summed E-state index contributed by atoms with van der Waals surface area (Å²) in [7, 11) is 0. The van der Waals surface area contributed by atoms with E-state index in [2.05, 4.69) is 44.2 Å². The molecule has 1 aromatic rings. The van der Waals surface area contributed by atoms with Crippen molar-refractivity contribution in [3.63, 3.8) is 0 Å². The molecule has 28 heavy (non-hydrogen) atoms. The predicted molar refractivity (Wildman–Crippen MR) is 110 cm³/mol. The van der Waals surface area contributed by atoms with E-state index in [-0.39, 0.29) is 28.5 Å². The molecule has 1 saturated carbocycles. The van der Waals surface area contributed by atoms with E-state index in [1.807, 2.05) is 13.8 Å². The molecule has 2 aliphatic heterocycles. The SMILES string of the molecule is CC(=O)OC(C)(C)[C@@H]1CC[C@@]2(C)CO[C@]3(C)[C@@H]([Se]c4ccccc4)CO[C@]23C1. The van der Waals surface area contributed by atoms with Crippen LogP contribution in [0.25, 0.3) is 0 Å². The third-order valence-electron chi connectivity index (χ3n) is 7.55. The molecule has 5 atom stereocenters. The molecule has 4 nitrogen and oxygen atoms in total. The second-order valence-corrected chi connectivity index (χ2v) is 12.3. The van der Waals surface area contributed by atoms with E-state index in [4.69, 9.17) is 14.2 Å². The van der Waals surface area contributed by atoms with Crippen LogP contribution in [0.4, 0.5) is 0 Å². The Morgan fingerprint density at radius 2 is 1.93 bits per heavy atom. The van der Waals surface area contributed by atoms with Gasteiger partial charge in [-0.3, -0.25) is 0 Å². The van der Waals surface area contributed by atoms with Gasteiger partial charge in [0.25, 0.3) is 0 Å². The van der Waals surface area contributed by atoms with Gasteiger partial charge in [-0.2, -0.15) is 0 Å². The van der Waals surface area contributed by atoms with Gasteiger partial charge in [-0.15, -0.1) is 0 Å². The van der Waals surface area contributed by atoms with Crippen LogP contribution in [0, 0.1) is 11.3 Å². The van der Waals surface area contributed by atoms with Gasteiger partial charge in [-0.1, -0.05) is 0 Å². The third kappa shape index (κ3) is 2.97. The molecule has 0 unspecified atom stereocenters. The molecule has 0 aromatic heterocycles. The number of carbonyl (C=O) groups excluding carboxylic acids is 1. The molecule has 0 N–H and O–H groups in total. The second-order valence-electron chi connectivity index (χ2n) is 9.65. The molecule has 1 spiro atoms. The second kappa shape index (κ2) is 6.84. The van der Waals surface area contributed by atoms with Gasteiger partial charge < -0.3 is 0 Å². The maximum atomic E-state index is 11.7. The van der Waals surface area contributed by atoms with Crippen molar-refractivity contribution in [1.82, 2.24) is 0 Å². The van der Waals surface area contributed by atoms with Crippen LogP contribution in [-0.4, -0.2) is 50.9 Å². The summed E-state index contributed by atoms with van der Waals surface area (Å²) in [6.45, 7) is 11.7. The number of ether oxygens (including phenoxy) is 3. The average Bonchev–Trinajstić information content (AvgIpc) is 3.03. The van der Waals surface area contributed by atoms with Crippen LogP contribution in [0.3, 0.4) is 0 Å². The number of esters is 1. The van der Waals surface area contributed by atoms with E-state index in [9.17, 15) is 4.79 Å². The summed E-state index contributed by atoms with van der Waals surface area (Å²) in [5.41, 5.74) is -1.06. The van der Waals surface area contributed by atoms with Crippen LogP contribution in [0.2, 0.25) is 4.82 Å². The first-order valence-corrected chi connectivity index (χ1v) is 12.2. The number of benzene rings is 1. The van der Waals surface area contributed by atoms with Crippen molar-refractivity contribution in [2.75, 3.05) is 13.2 Å². The quantitative estimate of drug-likeness (QED) is 0.519. The van der Waals surface area contributed by atoms with E-state index < -0.39 is 5.60 Å². The van der Waals surface area contributed by atoms with Crippen LogP contribution in [-0.2, 0) is 19.0 Å². The minimum absolute atomic E-state index is 0.0199. The fourth-order valence-corrected chi connectivity index (χ4v) is 8.42. The Morgan fingerprint density at radius 3 is 2.61 bits per heavy atom. The minimum atomic E-state index is -0.489. The van der Waals surface area contributed by atoms with Gasteiger partial charge in [0, 0.05) is 0 Å². The van der Waals surface area contributed by atoms with Crippen LogP contribution in [0.1, 0.15) is 53.9 Å². The van der Waals surface area contributed by atoms with Crippen molar-refractivity contribution in [3.05, 3.63) is 30.3 Å². The molecule has 0 amide bonds. The molecule has 5 heteroatoms. The van der Waals surface area contributed by atoms with Gasteiger partial charge in [-0.05, 0) is 0 Å². The molecule has 1 aliphatic carbocycles. The topological polar surface area (TPSA) is 44.8 Å². The van der Waals surface area contributed by atoms with E-state index in [1.165, 1.54) is 11.4 Å². The van der Waals surface area contributed by atoms with Gasteiger partial charge in [0.05, 0.1) is 0 Å². The Labute approximate surface area is 174 Å². The Morgan fingerprint density at radius 1 is 1.21 bits per heavy atom. The summed E-state index contributed by atoms with van der Waals surface area (Å²) in [4.78, 5) is 12.1. The summed E-state index contributed by atoms with van der Waals surface area (Å²) in [5, 5.41) is 0. The molecule has 1 aromatic carbocycles. The number of hydrogen-bond donors (Lipinski definition) is 0. The molecule has 0 bridgehead atoms. The monoisotopic (exact) mass is 452 g/mol. The Hall–Kier alpha value is -0.871.